The van der Waals surface area contributed by atoms with E-state index in [1.807, 2.05) is 40.1 Å². The van der Waals surface area contributed by atoms with Gasteiger partial charge in [-0.15, -0.1) is 0 Å². The first-order chi connectivity index (χ1) is 41.4. The number of hydrogen-bond acceptors (Lipinski definition) is 16. The average Bonchev–Trinajstić information content (AvgIpc) is 3.57. The summed E-state index contributed by atoms with van der Waals surface area (Å²) in [6.07, 6.45) is 12.5. The number of rotatable bonds is 28. The Morgan fingerprint density at radius 2 is 1.02 bits per heavy atom. The fourth-order valence-electron chi connectivity index (χ4n) is 11.3. The third-order valence-electron chi connectivity index (χ3n) is 16.0. The van der Waals surface area contributed by atoms with Crippen molar-refractivity contribution < 1.29 is 57.4 Å². The first-order valence-electron chi connectivity index (χ1n) is 30.0. The smallest absolute Gasteiger partial charge is 0.306 e. The monoisotopic (exact) mass is 1370 g/mol. The molecular formula is C64H89Br3N6O12. The second-order valence-corrected chi connectivity index (χ2v) is 24.1. The number of alkyl halides is 3. The number of ether oxygens (including phenoxy) is 7. The molecule has 468 valence electrons. The number of benzene rings is 2. The number of nitrogens with zero attached hydrogens (tertiary/aromatic N) is 4. The fraction of sp³-hybridized carbons (Fsp3) is 0.594. The van der Waals surface area contributed by atoms with E-state index in [0.29, 0.717) is 81.0 Å². The van der Waals surface area contributed by atoms with Crippen molar-refractivity contribution in [3.05, 3.63) is 94.3 Å². The van der Waals surface area contributed by atoms with Crippen LogP contribution in [-0.2, 0) is 63.8 Å². The van der Waals surface area contributed by atoms with E-state index >= 15 is 0 Å². The zero-order valence-corrected chi connectivity index (χ0v) is 54.9. The van der Waals surface area contributed by atoms with E-state index in [4.69, 9.17) is 43.1 Å². The number of aromatic nitrogens is 2. The van der Waals surface area contributed by atoms with Gasteiger partial charge in [-0.05, 0) is 159 Å². The number of hydrogen-bond donors (Lipinski definition) is 3. The highest BCUT2D eigenvalue weighted by molar-refractivity contribution is 9.09. The van der Waals surface area contributed by atoms with Gasteiger partial charge >= 0.3 is 11.9 Å². The number of anilines is 2. The van der Waals surface area contributed by atoms with Crippen LogP contribution in [0.25, 0.3) is 0 Å². The molecule has 2 amide bonds. The molecule has 4 aliphatic rings. The summed E-state index contributed by atoms with van der Waals surface area (Å²) in [5.74, 6) is 4.32. The van der Waals surface area contributed by atoms with Crippen molar-refractivity contribution >= 4 is 83.2 Å². The molecule has 2 atom stereocenters. The Hall–Kier alpha value is -5.22. The van der Waals surface area contributed by atoms with Crippen molar-refractivity contribution in [2.75, 3.05) is 127 Å². The van der Waals surface area contributed by atoms with Crippen molar-refractivity contribution in [3.8, 4) is 23.0 Å². The quantitative estimate of drug-likeness (QED) is 0.0274. The number of fused-ring (bicyclic) bond motifs is 2. The molecule has 4 aliphatic heterocycles. The van der Waals surface area contributed by atoms with Gasteiger partial charge in [0.25, 0.3) is 0 Å². The number of piperidine rings is 2. The van der Waals surface area contributed by atoms with E-state index in [1.54, 1.807) is 19.2 Å². The summed E-state index contributed by atoms with van der Waals surface area (Å²) < 4.78 is 37.2. The number of esters is 2. The zero-order chi connectivity index (χ0) is 60.8. The number of amides is 2. The summed E-state index contributed by atoms with van der Waals surface area (Å²) in [6.45, 7) is 8.01. The van der Waals surface area contributed by atoms with Gasteiger partial charge in [0.05, 0.1) is 67.7 Å². The Balaban J connectivity index is 0.000000247. The molecule has 0 aliphatic carbocycles. The Morgan fingerprint density at radius 3 is 1.47 bits per heavy atom. The minimum absolute atomic E-state index is 0.0152. The van der Waals surface area contributed by atoms with Crippen LogP contribution in [0, 0.1) is 11.8 Å². The highest BCUT2D eigenvalue weighted by Crippen LogP contribution is 2.39. The van der Waals surface area contributed by atoms with E-state index in [1.165, 1.54) is 32.5 Å². The number of nitrogens with one attached hydrogen (secondary N) is 2. The van der Waals surface area contributed by atoms with Crippen molar-refractivity contribution in [1.82, 2.24) is 19.8 Å². The maximum absolute atomic E-state index is 13.0. The predicted molar refractivity (Wildman–Crippen MR) is 341 cm³/mol. The third kappa shape index (κ3) is 23.1. The second kappa shape index (κ2) is 38.1. The molecule has 0 radical (unpaired) electrons. The molecule has 2 aromatic heterocycles. The predicted octanol–water partition coefficient (Wildman–Crippen LogP) is 11.0. The lowest BCUT2D eigenvalue weighted by Gasteiger charge is -2.34. The molecule has 21 heteroatoms. The van der Waals surface area contributed by atoms with E-state index in [2.05, 4.69) is 76.6 Å². The normalized spacial score (nSPS) is 15.6. The Bertz CT molecular complexity index is 2690. The first-order valence-corrected chi connectivity index (χ1v) is 33.4. The standard InChI is InChI=1S/C32H44BrN3O6.C28H37N3O5.C4H8Br2O/c1-39-29-21-25(6-9-28(29)42-19-18-41-17-13-33)26(22-31(38)40-2)20-23-11-15-36(16-12-23)30(37)10-8-27-7-5-24-4-3-14-34-32(24)35-27;1-35-25-17-21(6-9-24(25)32)22(18-27(34)36-2)16-19-11-14-31(15-12-19)26(33)10-8-23-7-5-20-4-3-13-29-28(20)30-23;5-1-3-7-4-2-6/h5-7,9,21,23,26H,3-4,8,10-20,22H2,1-2H3,(H,34,35);5-7,9,17,19,22,32H,3-4,8,10-16,18H2,1-2H3,(H,29,30);1-4H2. The van der Waals surface area contributed by atoms with Gasteiger partial charge in [0.15, 0.2) is 23.0 Å². The number of carbonyl (C=O) groups is 4. The number of carbonyl (C=O) groups excluding carboxylic acids is 4. The summed E-state index contributed by atoms with van der Waals surface area (Å²) in [5, 5.41) is 19.3. The molecule has 18 nitrogen and oxygen atoms in total. The van der Waals surface area contributed by atoms with Crippen LogP contribution in [0.3, 0.4) is 0 Å². The molecule has 2 saturated heterocycles. The van der Waals surface area contributed by atoms with Gasteiger partial charge in [-0.1, -0.05) is 72.1 Å². The first kappa shape index (κ1) is 68.9. The van der Waals surface area contributed by atoms with E-state index in [9.17, 15) is 24.3 Å². The topological polar surface area (TPSA) is 209 Å². The molecule has 2 unspecified atom stereocenters. The Kier molecular flexibility index (Phi) is 30.9. The molecule has 4 aromatic rings. The second-order valence-electron chi connectivity index (χ2n) is 21.7. The maximum atomic E-state index is 13.0. The van der Waals surface area contributed by atoms with Gasteiger partial charge < -0.3 is 58.7 Å². The van der Waals surface area contributed by atoms with Crippen molar-refractivity contribution in [3.63, 3.8) is 0 Å². The molecule has 2 fully saturated rings. The van der Waals surface area contributed by atoms with Gasteiger partial charge in [-0.3, -0.25) is 19.2 Å². The molecule has 8 rings (SSSR count). The highest BCUT2D eigenvalue weighted by Gasteiger charge is 2.30. The number of phenols is 1. The fourth-order valence-corrected chi connectivity index (χ4v) is 12.0. The lowest BCUT2D eigenvalue weighted by atomic mass is 9.82. The lowest BCUT2D eigenvalue weighted by Crippen LogP contribution is -2.39. The molecule has 2 aromatic carbocycles. The van der Waals surface area contributed by atoms with Crippen LogP contribution >= 0.6 is 47.8 Å². The number of phenolic OH excluding ortho intramolecular Hbond substituents is 1. The van der Waals surface area contributed by atoms with Crippen LogP contribution in [0.5, 0.6) is 23.0 Å². The summed E-state index contributed by atoms with van der Waals surface area (Å²) in [7, 11) is 5.96. The van der Waals surface area contributed by atoms with E-state index < -0.39 is 0 Å². The van der Waals surface area contributed by atoms with Gasteiger partial charge in [0.2, 0.25) is 11.8 Å². The SMILES string of the molecule is BrCCOCCBr.COC(=O)CC(CC1CCN(C(=O)CCc2ccc3c(n2)NCCC3)CC1)c1ccc(O)c(OC)c1.COC(=O)CC(CC1CCN(C(=O)CCc2ccc3c(n2)NCCC3)CC1)c1ccc(OCCOCCBr)c(OC)c1. The van der Waals surface area contributed by atoms with Crippen LogP contribution in [0.1, 0.15) is 123 Å². The van der Waals surface area contributed by atoms with E-state index in [-0.39, 0.29) is 47.8 Å². The minimum atomic E-state index is -0.259. The number of methoxy groups -OCH3 is 4. The summed E-state index contributed by atoms with van der Waals surface area (Å²) in [5.41, 5.74) is 6.41. The molecule has 6 heterocycles. The van der Waals surface area contributed by atoms with Crippen LogP contribution in [0.4, 0.5) is 11.6 Å². The number of likely N-dealkylation sites (tertiary alicyclic amines) is 2. The minimum Gasteiger partial charge on any atom is -0.504 e. The average molecular weight is 1370 g/mol. The van der Waals surface area contributed by atoms with Crippen LogP contribution in [0.2, 0.25) is 0 Å². The van der Waals surface area contributed by atoms with Crippen LogP contribution < -0.4 is 24.8 Å². The van der Waals surface area contributed by atoms with Crippen LogP contribution in [0.15, 0.2) is 60.7 Å². The lowest BCUT2D eigenvalue weighted by molar-refractivity contribution is -0.142. The number of aryl methyl sites for hydroxylation is 4. The van der Waals surface area contributed by atoms with Crippen LogP contribution in [-0.4, -0.2) is 165 Å². The Morgan fingerprint density at radius 1 is 0.576 bits per heavy atom. The largest absolute Gasteiger partial charge is 0.504 e. The number of aromatic hydroxyl groups is 1. The van der Waals surface area contributed by atoms with Crippen molar-refractivity contribution in [2.24, 2.45) is 11.8 Å². The Labute approximate surface area is 528 Å². The number of halogens is 3. The third-order valence-corrected chi connectivity index (χ3v) is 17.0. The molecule has 0 saturated carbocycles. The summed E-state index contributed by atoms with van der Waals surface area (Å²) >= 11 is 9.82. The molecule has 3 N–H and O–H groups in total. The van der Waals surface area contributed by atoms with Gasteiger partial charge in [0.1, 0.15) is 18.2 Å². The van der Waals surface area contributed by atoms with Gasteiger partial charge in [0, 0.05) is 79.5 Å². The summed E-state index contributed by atoms with van der Waals surface area (Å²) in [4.78, 5) is 63.7. The summed E-state index contributed by atoms with van der Waals surface area (Å²) in [6, 6.07) is 19.5. The maximum Gasteiger partial charge on any atom is 0.306 e. The zero-order valence-electron chi connectivity index (χ0n) is 50.2. The van der Waals surface area contributed by atoms with Gasteiger partial charge in [-0.25, -0.2) is 9.97 Å². The van der Waals surface area contributed by atoms with Crippen molar-refractivity contribution in [1.29, 1.82) is 0 Å². The van der Waals surface area contributed by atoms with Crippen molar-refractivity contribution in [2.45, 2.75) is 115 Å². The number of pyridine rings is 2. The molecule has 0 bridgehead atoms. The highest BCUT2D eigenvalue weighted by atomic mass is 79.9. The molecular weight excluding hydrogens is 1280 g/mol. The molecule has 0 spiro atoms. The molecule has 85 heavy (non-hydrogen) atoms. The van der Waals surface area contributed by atoms with E-state index in [0.717, 1.165) is 167 Å². The van der Waals surface area contributed by atoms with Gasteiger partial charge in [-0.2, -0.15) is 0 Å².